The topological polar surface area (TPSA) is 61.4 Å². The van der Waals surface area contributed by atoms with E-state index in [-0.39, 0.29) is 24.4 Å². The number of hydrogen-bond donors (Lipinski definition) is 2. The summed E-state index contributed by atoms with van der Waals surface area (Å²) in [5.74, 6) is -0.0271. The fraction of sp³-hybridized carbons (Fsp3) is 0.600. The molecule has 0 atom stereocenters. The van der Waals surface area contributed by atoms with Crippen molar-refractivity contribution in [2.75, 3.05) is 25.0 Å². The molecule has 1 saturated heterocycles. The Bertz CT molecular complexity index is 638. The quantitative estimate of drug-likeness (QED) is 0.819. The number of benzene rings is 1. The lowest BCUT2D eigenvalue weighted by molar-refractivity contribution is -0.130. The zero-order chi connectivity index (χ0) is 18.4. The average molecular weight is 378 g/mol. The Morgan fingerprint density at radius 1 is 1.04 bits per heavy atom. The van der Waals surface area contributed by atoms with Crippen LogP contribution in [0.2, 0.25) is 5.02 Å². The van der Waals surface area contributed by atoms with Gasteiger partial charge < -0.3 is 15.5 Å². The number of halogens is 1. The van der Waals surface area contributed by atoms with Crippen molar-refractivity contribution in [3.63, 3.8) is 0 Å². The Kier molecular flexibility index (Phi) is 6.78. The van der Waals surface area contributed by atoms with Crippen LogP contribution in [0, 0.1) is 0 Å². The first-order chi connectivity index (χ1) is 12.6. The molecule has 3 rings (SSSR count). The summed E-state index contributed by atoms with van der Waals surface area (Å²) in [5, 5.41) is 6.67. The monoisotopic (exact) mass is 377 g/mol. The summed E-state index contributed by atoms with van der Waals surface area (Å²) < 4.78 is 0. The second-order valence-corrected chi connectivity index (χ2v) is 7.71. The molecule has 0 radical (unpaired) electrons. The van der Waals surface area contributed by atoms with Crippen molar-refractivity contribution >= 4 is 29.1 Å². The van der Waals surface area contributed by atoms with Crippen LogP contribution in [0.15, 0.2) is 18.2 Å². The van der Waals surface area contributed by atoms with E-state index in [9.17, 15) is 9.59 Å². The molecule has 0 unspecified atom stereocenters. The molecule has 0 aromatic heterocycles. The minimum atomic E-state index is -0.132. The van der Waals surface area contributed by atoms with E-state index in [2.05, 4.69) is 10.6 Å². The fourth-order valence-electron chi connectivity index (χ4n) is 3.75. The lowest BCUT2D eigenvalue weighted by Crippen LogP contribution is -2.39. The number of nitrogens with one attached hydrogen (secondary N) is 2. The van der Waals surface area contributed by atoms with Gasteiger partial charge in [-0.3, -0.25) is 9.59 Å². The third-order valence-corrected chi connectivity index (χ3v) is 5.63. The average Bonchev–Trinajstić information content (AvgIpc) is 2.68. The van der Waals surface area contributed by atoms with Crippen molar-refractivity contribution in [2.45, 2.75) is 57.4 Å². The summed E-state index contributed by atoms with van der Waals surface area (Å²) >= 11 is 6.23. The predicted molar refractivity (Wildman–Crippen MR) is 105 cm³/mol. The van der Waals surface area contributed by atoms with E-state index in [1.54, 1.807) is 12.1 Å². The highest BCUT2D eigenvalue weighted by atomic mass is 35.5. The van der Waals surface area contributed by atoms with Crippen LogP contribution >= 0.6 is 11.6 Å². The number of hydrogen-bond acceptors (Lipinski definition) is 3. The highest BCUT2D eigenvalue weighted by Gasteiger charge is 2.19. The zero-order valence-corrected chi connectivity index (χ0v) is 16.0. The molecule has 2 N–H and O–H groups in total. The van der Waals surface area contributed by atoms with Crippen LogP contribution in [0.4, 0.5) is 5.69 Å². The van der Waals surface area contributed by atoms with Gasteiger partial charge in [0.15, 0.2) is 0 Å². The SMILES string of the molecule is O=C(NC1CCCCC1)c1cc(NCC(=O)N2CCCCC2)ccc1Cl. The molecule has 1 aromatic rings. The molecule has 1 aromatic carbocycles. The molecular weight excluding hydrogens is 350 g/mol. The molecule has 0 bridgehead atoms. The van der Waals surface area contributed by atoms with Crippen molar-refractivity contribution < 1.29 is 9.59 Å². The van der Waals surface area contributed by atoms with Gasteiger partial charge in [-0.1, -0.05) is 30.9 Å². The van der Waals surface area contributed by atoms with Gasteiger partial charge in [-0.25, -0.2) is 0 Å². The number of amides is 2. The van der Waals surface area contributed by atoms with Gasteiger partial charge in [0.25, 0.3) is 5.91 Å². The molecule has 5 nitrogen and oxygen atoms in total. The van der Waals surface area contributed by atoms with E-state index in [0.717, 1.165) is 44.5 Å². The lowest BCUT2D eigenvalue weighted by atomic mass is 9.95. The minimum absolute atomic E-state index is 0.104. The molecule has 6 heteroatoms. The highest BCUT2D eigenvalue weighted by molar-refractivity contribution is 6.34. The van der Waals surface area contributed by atoms with Crippen molar-refractivity contribution in [2.24, 2.45) is 0 Å². The van der Waals surface area contributed by atoms with Gasteiger partial charge in [-0.05, 0) is 50.3 Å². The summed E-state index contributed by atoms with van der Waals surface area (Å²) in [4.78, 5) is 26.8. The van der Waals surface area contributed by atoms with Crippen molar-refractivity contribution in [1.29, 1.82) is 0 Å². The number of carbonyl (C=O) groups excluding carboxylic acids is 2. The summed E-state index contributed by atoms with van der Waals surface area (Å²) in [6.07, 6.45) is 9.01. The van der Waals surface area contributed by atoms with Crippen LogP contribution in [0.25, 0.3) is 0 Å². The molecule has 1 aliphatic heterocycles. The number of rotatable bonds is 5. The Morgan fingerprint density at radius 2 is 1.73 bits per heavy atom. The molecule has 0 spiro atoms. The van der Waals surface area contributed by atoms with Crippen molar-refractivity contribution in [3.8, 4) is 0 Å². The van der Waals surface area contributed by atoms with Crippen molar-refractivity contribution in [3.05, 3.63) is 28.8 Å². The fourth-order valence-corrected chi connectivity index (χ4v) is 3.96. The maximum atomic E-state index is 12.6. The normalized spacial score (nSPS) is 18.4. The molecule has 1 aliphatic carbocycles. The van der Waals surface area contributed by atoms with Crippen LogP contribution < -0.4 is 10.6 Å². The number of nitrogens with zero attached hydrogens (tertiary/aromatic N) is 1. The molecular formula is C20H28ClN3O2. The van der Waals surface area contributed by atoms with Crippen LogP contribution in [-0.4, -0.2) is 42.4 Å². The first kappa shape index (κ1) is 19.0. The standard InChI is InChI=1S/C20H28ClN3O2/c21-18-10-9-16(22-14-19(25)24-11-5-2-6-12-24)13-17(18)20(26)23-15-7-3-1-4-8-15/h9-10,13,15,22H,1-8,11-12,14H2,(H,23,26). The van der Waals surface area contributed by atoms with Crippen LogP contribution in [-0.2, 0) is 4.79 Å². The molecule has 2 aliphatic rings. The first-order valence-corrected chi connectivity index (χ1v) is 10.1. The van der Waals surface area contributed by atoms with E-state index in [1.807, 2.05) is 11.0 Å². The first-order valence-electron chi connectivity index (χ1n) is 9.75. The van der Waals surface area contributed by atoms with Crippen molar-refractivity contribution in [1.82, 2.24) is 10.2 Å². The molecule has 2 fully saturated rings. The third-order valence-electron chi connectivity index (χ3n) is 5.30. The Morgan fingerprint density at radius 3 is 2.46 bits per heavy atom. The van der Waals surface area contributed by atoms with Gasteiger partial charge in [0, 0.05) is 24.8 Å². The number of likely N-dealkylation sites (tertiary alicyclic amines) is 1. The maximum Gasteiger partial charge on any atom is 0.253 e. The summed E-state index contributed by atoms with van der Waals surface area (Å²) in [7, 11) is 0. The van der Waals surface area contributed by atoms with Gasteiger partial charge >= 0.3 is 0 Å². The largest absolute Gasteiger partial charge is 0.376 e. The molecule has 142 valence electrons. The van der Waals surface area contributed by atoms with E-state index in [4.69, 9.17) is 11.6 Å². The van der Waals surface area contributed by atoms with Gasteiger partial charge in [-0.15, -0.1) is 0 Å². The van der Waals surface area contributed by atoms with Gasteiger partial charge in [0.05, 0.1) is 17.1 Å². The Hall–Kier alpha value is -1.75. The van der Waals surface area contributed by atoms with Crippen LogP contribution in [0.5, 0.6) is 0 Å². The summed E-state index contributed by atoms with van der Waals surface area (Å²) in [5.41, 5.74) is 1.21. The number of anilines is 1. The number of piperidine rings is 1. The van der Waals surface area contributed by atoms with E-state index >= 15 is 0 Å². The minimum Gasteiger partial charge on any atom is -0.376 e. The lowest BCUT2D eigenvalue weighted by Gasteiger charge is -2.27. The zero-order valence-electron chi connectivity index (χ0n) is 15.2. The van der Waals surface area contributed by atoms with Crippen LogP contribution in [0.3, 0.4) is 0 Å². The van der Waals surface area contributed by atoms with Gasteiger partial charge in [-0.2, -0.15) is 0 Å². The maximum absolute atomic E-state index is 12.6. The Balaban J connectivity index is 1.57. The number of carbonyl (C=O) groups is 2. The van der Waals surface area contributed by atoms with E-state index in [0.29, 0.717) is 10.6 Å². The Labute approximate surface area is 160 Å². The van der Waals surface area contributed by atoms with Crippen LogP contribution in [0.1, 0.15) is 61.7 Å². The van der Waals surface area contributed by atoms with E-state index < -0.39 is 0 Å². The van der Waals surface area contributed by atoms with Gasteiger partial charge in [0.2, 0.25) is 5.91 Å². The summed E-state index contributed by atoms with van der Waals surface area (Å²) in [6.45, 7) is 1.93. The predicted octanol–water partition coefficient (Wildman–Crippen LogP) is 3.83. The second-order valence-electron chi connectivity index (χ2n) is 7.30. The third kappa shape index (κ3) is 5.13. The summed E-state index contributed by atoms with van der Waals surface area (Å²) in [6, 6.07) is 5.50. The molecule has 1 saturated carbocycles. The molecule has 2 amide bonds. The van der Waals surface area contributed by atoms with Gasteiger partial charge in [0.1, 0.15) is 0 Å². The van der Waals surface area contributed by atoms with E-state index in [1.165, 1.54) is 25.7 Å². The smallest absolute Gasteiger partial charge is 0.253 e. The highest BCUT2D eigenvalue weighted by Crippen LogP contribution is 2.23. The molecule has 1 heterocycles. The molecule has 26 heavy (non-hydrogen) atoms. The second kappa shape index (κ2) is 9.26.